The second kappa shape index (κ2) is 7.44. The molecule has 0 saturated heterocycles. The van der Waals surface area contributed by atoms with Gasteiger partial charge in [-0.15, -0.1) is 0 Å². The minimum absolute atomic E-state index is 0.0312. The van der Waals surface area contributed by atoms with Gasteiger partial charge in [0.15, 0.2) is 11.5 Å². The fourth-order valence-electron chi connectivity index (χ4n) is 2.51. The van der Waals surface area contributed by atoms with Gasteiger partial charge in [0.1, 0.15) is 0 Å². The average molecular weight is 322 g/mol. The summed E-state index contributed by atoms with van der Waals surface area (Å²) < 4.78 is 16.1. The van der Waals surface area contributed by atoms with Crippen LogP contribution in [0, 0.1) is 0 Å². The van der Waals surface area contributed by atoms with Crippen molar-refractivity contribution in [3.8, 4) is 17.2 Å². The predicted octanol–water partition coefficient (Wildman–Crippen LogP) is 2.79. The van der Waals surface area contributed by atoms with E-state index in [1.54, 1.807) is 21.3 Å². The molecular weight excluding hydrogens is 296 g/mol. The first-order valence-electron chi connectivity index (χ1n) is 7.86. The van der Waals surface area contributed by atoms with Crippen molar-refractivity contribution in [1.29, 1.82) is 0 Å². The van der Waals surface area contributed by atoms with Gasteiger partial charge in [-0.1, -0.05) is 0 Å². The molecule has 0 aliphatic heterocycles. The van der Waals surface area contributed by atoms with E-state index in [1.807, 2.05) is 30.9 Å². The van der Waals surface area contributed by atoms with E-state index in [0.717, 1.165) is 18.4 Å². The van der Waals surface area contributed by atoms with E-state index in [1.165, 1.54) is 0 Å². The maximum Gasteiger partial charge on any atom is 0.318 e. The highest BCUT2D eigenvalue weighted by Crippen LogP contribution is 2.39. The van der Waals surface area contributed by atoms with Gasteiger partial charge in [0, 0.05) is 18.6 Å². The molecule has 1 fully saturated rings. The SMILES string of the molecule is COc1cc(CN(C(=O)NC(C)C)C2CC2)cc(OC)c1OC. The molecule has 0 atom stereocenters. The Morgan fingerprint density at radius 1 is 1.17 bits per heavy atom. The van der Waals surface area contributed by atoms with E-state index in [0.29, 0.717) is 29.8 Å². The highest BCUT2D eigenvalue weighted by atomic mass is 16.5. The Labute approximate surface area is 137 Å². The fraction of sp³-hybridized carbons (Fsp3) is 0.588. The van der Waals surface area contributed by atoms with Crippen molar-refractivity contribution in [3.05, 3.63) is 17.7 Å². The van der Waals surface area contributed by atoms with Crippen LogP contribution in [0.5, 0.6) is 17.2 Å². The molecule has 1 aromatic rings. The molecule has 2 amide bonds. The first kappa shape index (κ1) is 17.2. The number of carbonyl (C=O) groups is 1. The summed E-state index contributed by atoms with van der Waals surface area (Å²) in [5.74, 6) is 1.76. The highest BCUT2D eigenvalue weighted by molar-refractivity contribution is 5.75. The van der Waals surface area contributed by atoms with Crippen LogP contribution < -0.4 is 19.5 Å². The van der Waals surface area contributed by atoms with Crippen molar-refractivity contribution in [1.82, 2.24) is 10.2 Å². The fourth-order valence-corrected chi connectivity index (χ4v) is 2.51. The van der Waals surface area contributed by atoms with Crippen LogP contribution in [-0.2, 0) is 6.54 Å². The van der Waals surface area contributed by atoms with Gasteiger partial charge < -0.3 is 24.4 Å². The zero-order chi connectivity index (χ0) is 17.0. The van der Waals surface area contributed by atoms with Crippen LogP contribution in [0.2, 0.25) is 0 Å². The number of rotatable bonds is 7. The van der Waals surface area contributed by atoms with Gasteiger partial charge >= 0.3 is 6.03 Å². The summed E-state index contributed by atoms with van der Waals surface area (Å²) >= 11 is 0. The number of hydrogen-bond donors (Lipinski definition) is 1. The van der Waals surface area contributed by atoms with Crippen LogP contribution in [-0.4, -0.2) is 44.3 Å². The monoisotopic (exact) mass is 322 g/mol. The Balaban J connectivity index is 2.24. The van der Waals surface area contributed by atoms with Crippen molar-refractivity contribution in [2.24, 2.45) is 0 Å². The third-order valence-electron chi connectivity index (χ3n) is 3.74. The molecule has 23 heavy (non-hydrogen) atoms. The van der Waals surface area contributed by atoms with Crippen LogP contribution in [0.25, 0.3) is 0 Å². The van der Waals surface area contributed by atoms with Gasteiger partial charge in [-0.2, -0.15) is 0 Å². The highest BCUT2D eigenvalue weighted by Gasteiger charge is 2.33. The van der Waals surface area contributed by atoms with Gasteiger partial charge in [0.2, 0.25) is 5.75 Å². The van der Waals surface area contributed by atoms with Crippen LogP contribution >= 0.6 is 0 Å². The second-order valence-electron chi connectivity index (χ2n) is 6.00. The largest absolute Gasteiger partial charge is 0.493 e. The molecule has 1 saturated carbocycles. The molecule has 0 spiro atoms. The first-order chi connectivity index (χ1) is 11.0. The number of carbonyl (C=O) groups excluding carboxylic acids is 1. The Kier molecular flexibility index (Phi) is 5.58. The number of nitrogens with one attached hydrogen (secondary N) is 1. The van der Waals surface area contributed by atoms with Crippen LogP contribution in [0.15, 0.2) is 12.1 Å². The van der Waals surface area contributed by atoms with Crippen LogP contribution in [0.1, 0.15) is 32.3 Å². The Morgan fingerprint density at radius 3 is 2.13 bits per heavy atom. The molecular formula is C17H26N2O4. The maximum absolute atomic E-state index is 12.4. The summed E-state index contributed by atoms with van der Waals surface area (Å²) in [6, 6.07) is 4.17. The topological polar surface area (TPSA) is 60.0 Å². The number of hydrogen-bond acceptors (Lipinski definition) is 4. The summed E-state index contributed by atoms with van der Waals surface area (Å²) in [4.78, 5) is 14.3. The molecule has 0 heterocycles. The van der Waals surface area contributed by atoms with E-state index in [4.69, 9.17) is 14.2 Å². The Hall–Kier alpha value is -2.11. The van der Waals surface area contributed by atoms with E-state index in [2.05, 4.69) is 5.32 Å². The lowest BCUT2D eigenvalue weighted by atomic mass is 10.1. The molecule has 128 valence electrons. The molecule has 1 aliphatic carbocycles. The number of urea groups is 1. The van der Waals surface area contributed by atoms with E-state index >= 15 is 0 Å². The minimum atomic E-state index is -0.0312. The summed E-state index contributed by atoms with van der Waals surface area (Å²) in [7, 11) is 4.75. The molecule has 0 bridgehead atoms. The van der Waals surface area contributed by atoms with Crippen molar-refractivity contribution in [2.45, 2.75) is 45.3 Å². The Morgan fingerprint density at radius 2 is 1.74 bits per heavy atom. The molecule has 6 nitrogen and oxygen atoms in total. The van der Waals surface area contributed by atoms with E-state index in [9.17, 15) is 4.79 Å². The van der Waals surface area contributed by atoms with Crippen LogP contribution in [0.3, 0.4) is 0 Å². The standard InChI is InChI=1S/C17H26N2O4/c1-11(2)18-17(20)19(13-6-7-13)10-12-8-14(21-3)16(23-5)15(9-12)22-4/h8-9,11,13H,6-7,10H2,1-5H3,(H,18,20). The second-order valence-corrected chi connectivity index (χ2v) is 6.00. The van der Waals surface area contributed by atoms with Crippen molar-refractivity contribution in [2.75, 3.05) is 21.3 Å². The third-order valence-corrected chi connectivity index (χ3v) is 3.74. The molecule has 2 rings (SSSR count). The van der Waals surface area contributed by atoms with Crippen LogP contribution in [0.4, 0.5) is 4.79 Å². The number of amides is 2. The van der Waals surface area contributed by atoms with Crippen molar-refractivity contribution >= 4 is 6.03 Å². The van der Waals surface area contributed by atoms with Gasteiger partial charge in [0.05, 0.1) is 21.3 Å². The van der Waals surface area contributed by atoms with Gasteiger partial charge in [-0.3, -0.25) is 0 Å². The third kappa shape index (κ3) is 4.21. The number of methoxy groups -OCH3 is 3. The lowest BCUT2D eigenvalue weighted by molar-refractivity contribution is 0.189. The van der Waals surface area contributed by atoms with Crippen molar-refractivity contribution in [3.63, 3.8) is 0 Å². The number of ether oxygens (including phenoxy) is 3. The minimum Gasteiger partial charge on any atom is -0.493 e. The number of nitrogens with zero attached hydrogens (tertiary/aromatic N) is 1. The smallest absolute Gasteiger partial charge is 0.318 e. The number of benzene rings is 1. The normalized spacial score (nSPS) is 13.7. The zero-order valence-corrected chi connectivity index (χ0v) is 14.5. The lowest BCUT2D eigenvalue weighted by Crippen LogP contribution is -2.43. The maximum atomic E-state index is 12.4. The summed E-state index contributed by atoms with van der Waals surface area (Å²) in [6.45, 7) is 4.44. The van der Waals surface area contributed by atoms with Gasteiger partial charge in [-0.25, -0.2) is 4.79 Å². The predicted molar refractivity (Wildman–Crippen MR) is 88.3 cm³/mol. The van der Waals surface area contributed by atoms with Gasteiger partial charge in [-0.05, 0) is 44.4 Å². The Bertz CT molecular complexity index is 531. The molecule has 0 radical (unpaired) electrons. The molecule has 1 aromatic carbocycles. The summed E-state index contributed by atoms with van der Waals surface area (Å²) in [6.07, 6.45) is 2.10. The molecule has 0 aromatic heterocycles. The van der Waals surface area contributed by atoms with Crippen molar-refractivity contribution < 1.29 is 19.0 Å². The molecule has 1 N–H and O–H groups in total. The average Bonchev–Trinajstić information content (AvgIpc) is 3.35. The zero-order valence-electron chi connectivity index (χ0n) is 14.5. The lowest BCUT2D eigenvalue weighted by Gasteiger charge is -2.25. The van der Waals surface area contributed by atoms with E-state index in [-0.39, 0.29) is 12.1 Å². The molecule has 6 heteroatoms. The molecule has 0 unspecified atom stereocenters. The quantitative estimate of drug-likeness (QED) is 0.838. The summed E-state index contributed by atoms with van der Waals surface area (Å²) in [5.41, 5.74) is 0.949. The molecule has 1 aliphatic rings. The summed E-state index contributed by atoms with van der Waals surface area (Å²) in [5, 5.41) is 2.96. The first-order valence-corrected chi connectivity index (χ1v) is 7.86. The van der Waals surface area contributed by atoms with Gasteiger partial charge in [0.25, 0.3) is 0 Å². The van der Waals surface area contributed by atoms with E-state index < -0.39 is 0 Å².